The number of nitrogens with one attached hydrogen (secondary N) is 1. The molecule has 5 heteroatoms. The van der Waals surface area contributed by atoms with Crippen molar-refractivity contribution in [2.24, 2.45) is 4.40 Å². The van der Waals surface area contributed by atoms with Crippen molar-refractivity contribution in [2.45, 2.75) is 18.7 Å². The zero-order valence-electron chi connectivity index (χ0n) is 14.7. The van der Waals surface area contributed by atoms with Gasteiger partial charge in [0.05, 0.1) is 4.90 Å². The Bertz CT molecular complexity index is 1040. The second kappa shape index (κ2) is 7.54. The third-order valence-electron chi connectivity index (χ3n) is 4.03. The molecule has 0 spiro atoms. The van der Waals surface area contributed by atoms with Crippen LogP contribution in [0.2, 0.25) is 0 Å². The molecule has 4 nitrogen and oxygen atoms in total. The quantitative estimate of drug-likeness (QED) is 0.546. The Balaban J connectivity index is 2.10. The molecule has 0 saturated carbocycles. The van der Waals surface area contributed by atoms with Crippen molar-refractivity contribution in [2.75, 3.05) is 5.32 Å². The van der Waals surface area contributed by atoms with Crippen LogP contribution in [0.3, 0.4) is 0 Å². The maximum Gasteiger partial charge on any atom is 0.284 e. The molecule has 0 aliphatic rings. The van der Waals surface area contributed by atoms with E-state index in [2.05, 4.69) is 9.71 Å². The van der Waals surface area contributed by atoms with Gasteiger partial charge in [0.25, 0.3) is 10.0 Å². The molecule has 0 bridgehead atoms. The van der Waals surface area contributed by atoms with E-state index in [1.54, 1.807) is 25.1 Å². The van der Waals surface area contributed by atoms with Crippen molar-refractivity contribution in [1.29, 1.82) is 0 Å². The highest BCUT2D eigenvalue weighted by molar-refractivity contribution is 7.90. The summed E-state index contributed by atoms with van der Waals surface area (Å²) in [6.07, 6.45) is 0. The van der Waals surface area contributed by atoms with Crippen LogP contribution in [-0.2, 0) is 10.0 Å². The summed E-state index contributed by atoms with van der Waals surface area (Å²) in [6.45, 7) is 3.72. The van der Waals surface area contributed by atoms with E-state index in [9.17, 15) is 8.42 Å². The summed E-state index contributed by atoms with van der Waals surface area (Å²) in [6, 6.07) is 23.8. The summed E-state index contributed by atoms with van der Waals surface area (Å²) in [5, 5.41) is 3.18. The predicted octanol–water partition coefficient (Wildman–Crippen LogP) is 4.55. The average Bonchev–Trinajstić information content (AvgIpc) is 2.64. The number of para-hydroxylation sites is 1. The number of benzene rings is 3. The number of rotatable bonds is 4. The number of hydrogen-bond acceptors (Lipinski definition) is 2. The minimum atomic E-state index is -3.85. The lowest BCUT2D eigenvalue weighted by Crippen LogP contribution is -2.17. The number of amidine groups is 1. The van der Waals surface area contributed by atoms with E-state index in [1.165, 1.54) is 0 Å². The largest absolute Gasteiger partial charge is 0.339 e. The molecule has 3 rings (SSSR count). The van der Waals surface area contributed by atoms with Crippen LogP contribution in [0.1, 0.15) is 16.7 Å². The highest BCUT2D eigenvalue weighted by atomic mass is 32.2. The Labute approximate surface area is 154 Å². The lowest BCUT2D eigenvalue weighted by Gasteiger charge is -2.13. The lowest BCUT2D eigenvalue weighted by molar-refractivity contribution is 0.597. The zero-order chi connectivity index (χ0) is 18.6. The molecule has 132 valence electrons. The Morgan fingerprint density at radius 3 is 2.00 bits per heavy atom. The number of sulfonamides is 1. The fraction of sp³-hybridized carbons (Fsp3) is 0.0952. The van der Waals surface area contributed by atoms with Crippen LogP contribution in [-0.4, -0.2) is 14.3 Å². The minimum absolute atomic E-state index is 0.208. The van der Waals surface area contributed by atoms with E-state index in [1.807, 2.05) is 67.6 Å². The molecule has 0 heterocycles. The normalized spacial score (nSPS) is 12.0. The maximum atomic E-state index is 12.9. The van der Waals surface area contributed by atoms with Gasteiger partial charge in [-0.05, 0) is 37.1 Å². The van der Waals surface area contributed by atoms with E-state index < -0.39 is 10.0 Å². The summed E-state index contributed by atoms with van der Waals surface area (Å²) in [7, 11) is -3.85. The van der Waals surface area contributed by atoms with Gasteiger partial charge in [-0.25, -0.2) is 0 Å². The number of aryl methyl sites for hydroxylation is 2. The molecule has 0 amide bonds. The van der Waals surface area contributed by atoms with Gasteiger partial charge in [0.2, 0.25) is 0 Å². The smallest absolute Gasteiger partial charge is 0.284 e. The number of nitrogens with zero attached hydrogens (tertiary/aromatic N) is 1. The fourth-order valence-corrected chi connectivity index (χ4v) is 3.81. The van der Waals surface area contributed by atoms with Gasteiger partial charge in [-0.3, -0.25) is 0 Å². The monoisotopic (exact) mass is 364 g/mol. The number of anilines is 1. The molecule has 0 fully saturated rings. The molecule has 0 aliphatic heterocycles. The minimum Gasteiger partial charge on any atom is -0.339 e. The highest BCUT2D eigenvalue weighted by Crippen LogP contribution is 2.20. The molecule has 0 unspecified atom stereocenters. The van der Waals surface area contributed by atoms with Gasteiger partial charge in [0.1, 0.15) is 0 Å². The van der Waals surface area contributed by atoms with Crippen LogP contribution in [0, 0.1) is 13.8 Å². The summed E-state index contributed by atoms with van der Waals surface area (Å²) in [4.78, 5) is 0.208. The third kappa shape index (κ3) is 4.00. The predicted molar refractivity (Wildman–Crippen MR) is 106 cm³/mol. The molecule has 0 radical (unpaired) electrons. The van der Waals surface area contributed by atoms with Crippen molar-refractivity contribution in [3.8, 4) is 0 Å². The summed E-state index contributed by atoms with van der Waals surface area (Å²) < 4.78 is 29.9. The summed E-state index contributed by atoms with van der Waals surface area (Å²) in [5.74, 6) is 0.295. The van der Waals surface area contributed by atoms with Crippen molar-refractivity contribution < 1.29 is 8.42 Å². The molecular formula is C21H20N2O2S. The SMILES string of the molecule is Cc1ccccc1NC(=NS(=O)(=O)c1ccccc1C)c1ccccc1. The van der Waals surface area contributed by atoms with Crippen molar-refractivity contribution >= 4 is 21.5 Å². The molecule has 0 aromatic heterocycles. The number of hydrogen-bond donors (Lipinski definition) is 1. The van der Waals surface area contributed by atoms with E-state index in [4.69, 9.17) is 0 Å². The van der Waals surface area contributed by atoms with Gasteiger partial charge in [0, 0.05) is 11.3 Å². The molecule has 3 aromatic carbocycles. The van der Waals surface area contributed by atoms with E-state index in [0.717, 1.165) is 11.3 Å². The molecule has 1 N–H and O–H groups in total. The standard InChI is InChI=1S/C21H20N2O2S/c1-16-10-6-8-14-19(16)22-21(18-12-4-3-5-13-18)23-26(24,25)20-15-9-7-11-17(20)2/h3-15H,1-2H3,(H,22,23). The van der Waals surface area contributed by atoms with E-state index in [0.29, 0.717) is 17.0 Å². The van der Waals surface area contributed by atoms with Crippen LogP contribution in [0.5, 0.6) is 0 Å². The first-order valence-corrected chi connectivity index (χ1v) is 9.70. The van der Waals surface area contributed by atoms with Gasteiger partial charge >= 0.3 is 0 Å². The molecule has 3 aromatic rings. The Hall–Kier alpha value is -2.92. The van der Waals surface area contributed by atoms with Crippen LogP contribution in [0.15, 0.2) is 88.2 Å². The first kappa shape index (κ1) is 17.9. The molecule has 0 aliphatic carbocycles. The Kier molecular flexibility index (Phi) is 5.19. The third-order valence-corrected chi connectivity index (χ3v) is 5.47. The van der Waals surface area contributed by atoms with Crippen LogP contribution < -0.4 is 5.32 Å². The molecular weight excluding hydrogens is 344 g/mol. The second-order valence-electron chi connectivity index (χ2n) is 5.99. The van der Waals surface area contributed by atoms with Crippen LogP contribution in [0.4, 0.5) is 5.69 Å². The molecule has 0 saturated heterocycles. The van der Waals surface area contributed by atoms with Crippen molar-refractivity contribution in [3.05, 3.63) is 95.6 Å². The van der Waals surface area contributed by atoms with Crippen molar-refractivity contribution in [1.82, 2.24) is 0 Å². The van der Waals surface area contributed by atoms with Gasteiger partial charge in [-0.2, -0.15) is 8.42 Å². The summed E-state index contributed by atoms with van der Waals surface area (Å²) in [5.41, 5.74) is 3.19. The van der Waals surface area contributed by atoms with E-state index in [-0.39, 0.29) is 4.90 Å². The van der Waals surface area contributed by atoms with E-state index >= 15 is 0 Å². The zero-order valence-corrected chi connectivity index (χ0v) is 15.5. The van der Waals surface area contributed by atoms with Crippen LogP contribution in [0.25, 0.3) is 0 Å². The van der Waals surface area contributed by atoms with Gasteiger partial charge in [0.15, 0.2) is 5.84 Å². The van der Waals surface area contributed by atoms with Gasteiger partial charge in [-0.1, -0.05) is 66.7 Å². The topological polar surface area (TPSA) is 58.5 Å². The van der Waals surface area contributed by atoms with Gasteiger partial charge in [-0.15, -0.1) is 4.40 Å². The summed E-state index contributed by atoms with van der Waals surface area (Å²) >= 11 is 0. The first-order valence-electron chi connectivity index (χ1n) is 8.26. The second-order valence-corrected chi connectivity index (χ2v) is 7.56. The van der Waals surface area contributed by atoms with Crippen LogP contribution >= 0.6 is 0 Å². The highest BCUT2D eigenvalue weighted by Gasteiger charge is 2.18. The van der Waals surface area contributed by atoms with Gasteiger partial charge < -0.3 is 5.32 Å². The Morgan fingerprint density at radius 2 is 1.35 bits per heavy atom. The fourth-order valence-electron chi connectivity index (χ4n) is 2.60. The average molecular weight is 364 g/mol. The molecule has 26 heavy (non-hydrogen) atoms. The molecule has 0 atom stereocenters. The maximum absolute atomic E-state index is 12.9. The Morgan fingerprint density at radius 1 is 0.769 bits per heavy atom. The van der Waals surface area contributed by atoms with Crippen molar-refractivity contribution in [3.63, 3.8) is 0 Å². The first-order chi connectivity index (χ1) is 12.5. The lowest BCUT2D eigenvalue weighted by atomic mass is 10.1.